The summed E-state index contributed by atoms with van der Waals surface area (Å²) in [6.45, 7) is 6.67. The van der Waals surface area contributed by atoms with Crippen molar-refractivity contribution in [3.63, 3.8) is 0 Å². The Morgan fingerprint density at radius 2 is 2.29 bits per heavy atom. The molecule has 21 heavy (non-hydrogen) atoms. The predicted molar refractivity (Wildman–Crippen MR) is 83.7 cm³/mol. The summed E-state index contributed by atoms with van der Waals surface area (Å²) in [7, 11) is 0. The molecule has 0 saturated carbocycles. The molecule has 1 unspecified atom stereocenters. The molecule has 1 heterocycles. The molecular formula is C14H16N4O2S. The molecule has 1 atom stereocenters. The van der Waals surface area contributed by atoms with Crippen molar-refractivity contribution in [3.8, 4) is 6.07 Å². The first kappa shape index (κ1) is 15.2. The first-order valence-electron chi connectivity index (χ1n) is 6.66. The maximum Gasteiger partial charge on any atom is 0.294 e. The average molecular weight is 304 g/mol. The molecule has 0 bridgehead atoms. The molecule has 0 aliphatic heterocycles. The molecule has 0 spiro atoms. The summed E-state index contributed by atoms with van der Waals surface area (Å²) in [6, 6.07) is 5.50. The molecule has 1 aromatic carbocycles. The number of thiazole rings is 1. The molecular weight excluding hydrogens is 288 g/mol. The molecule has 1 aromatic heterocycles. The number of benzene rings is 1. The number of nitro groups is 1. The molecule has 0 aliphatic carbocycles. The Morgan fingerprint density at radius 1 is 1.57 bits per heavy atom. The summed E-state index contributed by atoms with van der Waals surface area (Å²) >= 11 is 1.44. The van der Waals surface area contributed by atoms with Crippen LogP contribution in [0, 0.1) is 34.3 Å². The summed E-state index contributed by atoms with van der Waals surface area (Å²) in [5.41, 5.74) is 1.36. The Hall–Kier alpha value is -2.20. The van der Waals surface area contributed by atoms with Crippen LogP contribution < -0.4 is 4.90 Å². The highest BCUT2D eigenvalue weighted by Gasteiger charge is 2.22. The highest BCUT2D eigenvalue weighted by atomic mass is 32.1. The van der Waals surface area contributed by atoms with Gasteiger partial charge >= 0.3 is 0 Å². The lowest BCUT2D eigenvalue weighted by atomic mass is 10.1. The van der Waals surface area contributed by atoms with E-state index in [2.05, 4.69) is 11.1 Å². The monoisotopic (exact) mass is 304 g/mol. The van der Waals surface area contributed by atoms with E-state index in [0.29, 0.717) is 18.8 Å². The summed E-state index contributed by atoms with van der Waals surface area (Å²) in [4.78, 5) is 17.2. The van der Waals surface area contributed by atoms with Gasteiger partial charge < -0.3 is 4.90 Å². The van der Waals surface area contributed by atoms with E-state index in [4.69, 9.17) is 5.26 Å². The Balaban J connectivity index is 2.55. The van der Waals surface area contributed by atoms with E-state index in [1.54, 1.807) is 19.1 Å². The number of rotatable bonds is 5. The second-order valence-electron chi connectivity index (χ2n) is 4.87. The van der Waals surface area contributed by atoms with Crippen molar-refractivity contribution in [2.45, 2.75) is 20.8 Å². The van der Waals surface area contributed by atoms with E-state index in [0.717, 1.165) is 15.2 Å². The number of aromatic nitrogens is 1. The third-order valence-corrected chi connectivity index (χ3v) is 4.16. The van der Waals surface area contributed by atoms with Gasteiger partial charge in [0, 0.05) is 19.2 Å². The van der Waals surface area contributed by atoms with Crippen LogP contribution in [0.1, 0.15) is 18.9 Å². The van der Waals surface area contributed by atoms with Crippen molar-refractivity contribution in [3.05, 3.63) is 27.3 Å². The maximum atomic E-state index is 11.3. The predicted octanol–water partition coefficient (Wildman–Crippen LogP) is 3.50. The van der Waals surface area contributed by atoms with Gasteiger partial charge in [-0.25, -0.2) is 4.98 Å². The Kier molecular flexibility index (Phi) is 4.38. The fraction of sp³-hybridized carbons (Fsp3) is 0.429. The molecule has 0 aliphatic rings. The van der Waals surface area contributed by atoms with Gasteiger partial charge in [0.05, 0.1) is 32.1 Å². The second-order valence-corrected chi connectivity index (χ2v) is 6.10. The number of nitrogens with zero attached hydrogens (tertiary/aromatic N) is 4. The first-order chi connectivity index (χ1) is 9.96. The summed E-state index contributed by atoms with van der Waals surface area (Å²) in [6.07, 6.45) is 0. The lowest BCUT2D eigenvalue weighted by Gasteiger charge is -2.23. The molecule has 0 saturated heterocycles. The number of hydrogen-bond donors (Lipinski definition) is 0. The van der Waals surface area contributed by atoms with Gasteiger partial charge in [0.1, 0.15) is 5.69 Å². The minimum absolute atomic E-state index is 0.0677. The summed E-state index contributed by atoms with van der Waals surface area (Å²) < 4.78 is 0.812. The average Bonchev–Trinajstić information content (AvgIpc) is 2.81. The Labute approximate surface area is 126 Å². The minimum atomic E-state index is -0.372. The number of aryl methyl sites for hydroxylation is 1. The van der Waals surface area contributed by atoms with Gasteiger partial charge in [-0.1, -0.05) is 0 Å². The van der Waals surface area contributed by atoms with E-state index in [-0.39, 0.29) is 16.5 Å². The topological polar surface area (TPSA) is 83.1 Å². The van der Waals surface area contributed by atoms with Crippen LogP contribution in [0.3, 0.4) is 0 Å². The molecule has 0 amide bonds. The van der Waals surface area contributed by atoms with Gasteiger partial charge in [0.2, 0.25) is 0 Å². The second kappa shape index (κ2) is 6.06. The lowest BCUT2D eigenvalue weighted by molar-refractivity contribution is -0.384. The van der Waals surface area contributed by atoms with Crippen molar-refractivity contribution in [2.24, 2.45) is 5.92 Å². The van der Waals surface area contributed by atoms with Gasteiger partial charge in [-0.3, -0.25) is 10.1 Å². The number of fused-ring (bicyclic) bond motifs is 1. The smallest absolute Gasteiger partial charge is 0.294 e. The van der Waals surface area contributed by atoms with Crippen molar-refractivity contribution in [2.75, 3.05) is 18.0 Å². The van der Waals surface area contributed by atoms with Gasteiger partial charge in [0.15, 0.2) is 0 Å². The zero-order chi connectivity index (χ0) is 15.6. The van der Waals surface area contributed by atoms with Gasteiger partial charge in [-0.2, -0.15) is 5.26 Å². The largest absolute Gasteiger partial charge is 0.365 e. The number of hydrogen-bond acceptors (Lipinski definition) is 6. The zero-order valence-corrected chi connectivity index (χ0v) is 13.0. The van der Waals surface area contributed by atoms with Crippen LogP contribution in [0.15, 0.2) is 12.1 Å². The number of nitro benzene ring substituents is 1. The van der Waals surface area contributed by atoms with Crippen LogP contribution in [0.25, 0.3) is 10.2 Å². The third kappa shape index (κ3) is 3.11. The molecule has 0 fully saturated rings. The van der Waals surface area contributed by atoms with Gasteiger partial charge in [-0.05, 0) is 26.8 Å². The van der Waals surface area contributed by atoms with Crippen molar-refractivity contribution in [1.29, 1.82) is 5.26 Å². The lowest BCUT2D eigenvalue weighted by Crippen LogP contribution is -2.28. The molecule has 2 rings (SSSR count). The minimum Gasteiger partial charge on any atom is -0.365 e. The quantitative estimate of drug-likeness (QED) is 0.623. The Morgan fingerprint density at radius 3 is 2.86 bits per heavy atom. The first-order valence-corrected chi connectivity index (χ1v) is 7.48. The van der Waals surface area contributed by atoms with E-state index >= 15 is 0 Å². The van der Waals surface area contributed by atoms with Crippen LogP contribution in [-0.2, 0) is 0 Å². The van der Waals surface area contributed by atoms with Crippen LogP contribution in [0.5, 0.6) is 0 Å². The standard InChI is InChI=1S/C14H16N4O2S/c1-4-17(8-9(2)7-15)12-5-11-14(21-10(3)16-11)6-13(12)18(19)20/h5-6,9H,4,8H2,1-3H3. The van der Waals surface area contributed by atoms with E-state index in [9.17, 15) is 10.1 Å². The number of anilines is 1. The van der Waals surface area contributed by atoms with Crippen LogP contribution in [0.2, 0.25) is 0 Å². The van der Waals surface area contributed by atoms with Gasteiger partial charge in [-0.15, -0.1) is 11.3 Å². The fourth-order valence-corrected chi connectivity index (χ4v) is 3.08. The number of nitriles is 1. The zero-order valence-electron chi connectivity index (χ0n) is 12.2. The summed E-state index contributed by atoms with van der Waals surface area (Å²) in [5, 5.41) is 21.2. The van der Waals surface area contributed by atoms with E-state index in [1.165, 1.54) is 11.3 Å². The normalized spacial score (nSPS) is 12.1. The third-order valence-electron chi connectivity index (χ3n) is 3.23. The fourth-order valence-electron chi connectivity index (χ4n) is 2.24. The highest BCUT2D eigenvalue weighted by molar-refractivity contribution is 7.18. The molecule has 2 aromatic rings. The van der Waals surface area contributed by atoms with Crippen LogP contribution >= 0.6 is 11.3 Å². The van der Waals surface area contributed by atoms with Gasteiger partial charge in [0.25, 0.3) is 5.69 Å². The van der Waals surface area contributed by atoms with Crippen molar-refractivity contribution >= 4 is 32.9 Å². The van der Waals surface area contributed by atoms with E-state index in [1.807, 2.05) is 18.7 Å². The Bertz CT molecular complexity index is 720. The highest BCUT2D eigenvalue weighted by Crippen LogP contribution is 2.35. The van der Waals surface area contributed by atoms with Crippen LogP contribution in [-0.4, -0.2) is 23.0 Å². The molecule has 6 nitrogen and oxygen atoms in total. The SMILES string of the molecule is CCN(CC(C)C#N)c1cc2nc(C)sc2cc1[N+](=O)[O-]. The maximum absolute atomic E-state index is 11.3. The summed E-state index contributed by atoms with van der Waals surface area (Å²) in [5.74, 6) is -0.197. The van der Waals surface area contributed by atoms with Crippen LogP contribution in [0.4, 0.5) is 11.4 Å². The molecule has 0 radical (unpaired) electrons. The molecule has 0 N–H and O–H groups in total. The molecule has 110 valence electrons. The van der Waals surface area contributed by atoms with Crippen molar-refractivity contribution in [1.82, 2.24) is 4.98 Å². The van der Waals surface area contributed by atoms with E-state index < -0.39 is 0 Å². The van der Waals surface area contributed by atoms with Crippen molar-refractivity contribution < 1.29 is 4.92 Å². The molecule has 7 heteroatoms.